The van der Waals surface area contributed by atoms with Crippen LogP contribution in [0.3, 0.4) is 0 Å². The van der Waals surface area contributed by atoms with Crippen LogP contribution in [0.15, 0.2) is 45.3 Å². The van der Waals surface area contributed by atoms with E-state index in [1.54, 1.807) is 0 Å². The molecule has 2 rings (SSSR count). The van der Waals surface area contributed by atoms with E-state index in [4.69, 9.17) is 0 Å². The maximum atomic E-state index is 13.6. The molecule has 9 heteroatoms. The van der Waals surface area contributed by atoms with Gasteiger partial charge in [-0.2, -0.15) is 0 Å². The Kier molecular flexibility index (Phi) is 8.06. The summed E-state index contributed by atoms with van der Waals surface area (Å²) in [5.74, 6) is 0. The summed E-state index contributed by atoms with van der Waals surface area (Å²) in [6, 6.07) is 11.4. The normalized spacial score (nSPS) is 13.1. The Hall–Kier alpha value is 2.27. The first-order chi connectivity index (χ1) is 11.3. The summed E-state index contributed by atoms with van der Waals surface area (Å²) in [6.07, 6.45) is 0. The molecule has 136 valence electrons. The number of halogens is 6. The molecule has 0 N–H and O–H groups in total. The van der Waals surface area contributed by atoms with Gasteiger partial charge in [-0.15, -0.1) is 0 Å². The summed E-state index contributed by atoms with van der Waals surface area (Å²) in [5, 5.41) is 0. The van der Waals surface area contributed by atoms with Crippen molar-refractivity contribution in [2.75, 3.05) is 0 Å². The molecular formula is C16H12Br2I4O2S. The summed E-state index contributed by atoms with van der Waals surface area (Å²) >= 11 is 15.1. The summed E-state index contributed by atoms with van der Waals surface area (Å²) < 4.78 is 27.0. The van der Waals surface area contributed by atoms with Crippen LogP contribution in [-0.2, 0) is 11.4 Å². The fourth-order valence-corrected chi connectivity index (χ4v) is 14.2. The predicted molar refractivity (Wildman–Crippen MR) is 146 cm³/mol. The monoisotopic (exact) mass is 934 g/mol. The molecule has 0 saturated carbocycles. The van der Waals surface area contributed by atoms with Gasteiger partial charge in [-0.05, 0) is 139 Å². The van der Waals surface area contributed by atoms with Crippen molar-refractivity contribution in [2.45, 2.75) is 15.4 Å². The van der Waals surface area contributed by atoms with Gasteiger partial charge in [-0.3, -0.25) is 0 Å². The van der Waals surface area contributed by atoms with E-state index < -0.39 is 11.4 Å². The van der Waals surface area contributed by atoms with Gasteiger partial charge in [0.1, 0.15) is 0 Å². The molecule has 2 nitrogen and oxygen atoms in total. The maximum Gasteiger partial charge on any atom is 0.207 e. The maximum absolute atomic E-state index is 13.6. The Morgan fingerprint density at radius 2 is 1.08 bits per heavy atom. The first-order valence-electron chi connectivity index (χ1n) is 6.85. The summed E-state index contributed by atoms with van der Waals surface area (Å²) in [7, 11) is -3.59. The van der Waals surface area contributed by atoms with Crippen LogP contribution in [0, 0.1) is 13.8 Å². The summed E-state index contributed by atoms with van der Waals surface area (Å²) in [5.41, 5.74) is 3.55. The average Bonchev–Trinajstić information content (AvgIpc) is 2.52. The lowest BCUT2D eigenvalue weighted by Gasteiger charge is -2.31. The van der Waals surface area contributed by atoms with Gasteiger partial charge in [0, 0.05) is 8.95 Å². The second-order valence-electron chi connectivity index (χ2n) is 5.46. The van der Waals surface area contributed by atoms with Crippen LogP contribution in [0.4, 0.5) is 0 Å². The van der Waals surface area contributed by atoms with Crippen molar-refractivity contribution >= 4 is 132 Å². The van der Waals surface area contributed by atoms with E-state index in [0.29, 0.717) is 0 Å². The SMILES string of the molecule is Cc1cc(C(I)(I)S(=O)(=O)C(I)(I)c2ccc(Br)c(C)c2)ccc1Br. The molecule has 0 aliphatic rings. The quantitative estimate of drug-likeness (QED) is 0.231. The number of sulfone groups is 1. The molecule has 0 spiro atoms. The third kappa shape index (κ3) is 4.56. The predicted octanol–water partition coefficient (Wildman–Crippen LogP) is 7.90. The van der Waals surface area contributed by atoms with Crippen LogP contribution >= 0.6 is 122 Å². The Balaban J connectivity index is 2.61. The van der Waals surface area contributed by atoms with Crippen LogP contribution in [0.1, 0.15) is 22.3 Å². The smallest absolute Gasteiger partial charge is 0.207 e. The summed E-state index contributed by atoms with van der Waals surface area (Å²) in [4.78, 5) is 0. The second kappa shape index (κ2) is 8.56. The first-order valence-corrected chi connectivity index (χ1v) is 14.2. The number of aryl methyl sites for hydroxylation is 2. The minimum Gasteiger partial charge on any atom is -0.224 e. The largest absolute Gasteiger partial charge is 0.224 e. The highest BCUT2D eigenvalue weighted by Gasteiger charge is 2.53. The number of benzene rings is 2. The number of rotatable bonds is 4. The van der Waals surface area contributed by atoms with Gasteiger partial charge >= 0.3 is 0 Å². The van der Waals surface area contributed by atoms with Gasteiger partial charge in [-0.25, -0.2) is 8.42 Å². The topological polar surface area (TPSA) is 34.1 Å². The van der Waals surface area contributed by atoms with E-state index >= 15 is 0 Å². The van der Waals surface area contributed by atoms with Crippen molar-refractivity contribution in [3.05, 3.63) is 67.6 Å². The van der Waals surface area contributed by atoms with E-state index in [1.807, 2.05) is 141 Å². The first kappa shape index (κ1) is 23.5. The summed E-state index contributed by atoms with van der Waals surface area (Å²) in [6.45, 7) is 3.92. The fraction of sp³-hybridized carbons (Fsp3) is 0.250. The zero-order valence-corrected chi connectivity index (χ0v) is 25.6. The lowest BCUT2D eigenvalue weighted by Crippen LogP contribution is -2.34. The molecule has 0 aliphatic heterocycles. The zero-order chi connectivity index (χ0) is 19.2. The highest BCUT2D eigenvalue weighted by Crippen LogP contribution is 2.58. The van der Waals surface area contributed by atoms with Gasteiger partial charge in [0.25, 0.3) is 0 Å². The van der Waals surface area contributed by atoms with E-state index in [2.05, 4.69) is 31.9 Å². The Labute approximate surface area is 219 Å². The van der Waals surface area contributed by atoms with Gasteiger partial charge in [-0.1, -0.05) is 56.1 Å². The van der Waals surface area contributed by atoms with Crippen molar-refractivity contribution in [1.29, 1.82) is 0 Å². The van der Waals surface area contributed by atoms with Crippen molar-refractivity contribution < 1.29 is 8.42 Å². The lowest BCUT2D eigenvalue weighted by molar-refractivity contribution is 0.592. The molecule has 0 bridgehead atoms. The van der Waals surface area contributed by atoms with Crippen molar-refractivity contribution in [2.24, 2.45) is 0 Å². The van der Waals surface area contributed by atoms with Crippen molar-refractivity contribution in [3.8, 4) is 0 Å². The molecule has 25 heavy (non-hydrogen) atoms. The third-order valence-corrected chi connectivity index (χ3v) is 16.7. The molecule has 0 unspecified atom stereocenters. The molecular weight excluding hydrogens is 924 g/mol. The van der Waals surface area contributed by atoms with Crippen LogP contribution in [0.25, 0.3) is 0 Å². The van der Waals surface area contributed by atoms with Crippen LogP contribution in [0.5, 0.6) is 0 Å². The number of hydrogen-bond donors (Lipinski definition) is 0. The van der Waals surface area contributed by atoms with Gasteiger partial charge in [0.2, 0.25) is 11.4 Å². The molecule has 0 amide bonds. The lowest BCUT2D eigenvalue weighted by atomic mass is 10.2. The van der Waals surface area contributed by atoms with E-state index in [1.165, 1.54) is 0 Å². The zero-order valence-electron chi connectivity index (χ0n) is 13.0. The van der Waals surface area contributed by atoms with Crippen molar-refractivity contribution in [1.82, 2.24) is 0 Å². The Bertz CT molecular complexity index is 858. The standard InChI is InChI=1S/C16H12Br2I4O2S/c1-9-7-11(3-5-13(9)17)15(19,20)25(23,24)16(21,22)12-4-6-14(18)10(2)8-12/h3-8H,1-2H3. The Morgan fingerprint density at radius 1 is 0.760 bits per heavy atom. The number of alkyl halides is 4. The van der Waals surface area contributed by atoms with E-state index in [9.17, 15) is 8.42 Å². The molecule has 2 aromatic rings. The van der Waals surface area contributed by atoms with Crippen molar-refractivity contribution in [3.63, 3.8) is 0 Å². The molecule has 0 aromatic heterocycles. The molecule has 0 saturated heterocycles. The van der Waals surface area contributed by atoms with E-state index in [-0.39, 0.29) is 0 Å². The molecule has 0 atom stereocenters. The third-order valence-electron chi connectivity index (χ3n) is 3.66. The molecule has 2 aromatic carbocycles. The second-order valence-corrected chi connectivity index (χ2v) is 22.9. The Morgan fingerprint density at radius 3 is 1.36 bits per heavy atom. The molecule has 0 heterocycles. The number of hydrogen-bond acceptors (Lipinski definition) is 2. The van der Waals surface area contributed by atoms with E-state index in [0.717, 1.165) is 31.2 Å². The highest BCUT2D eigenvalue weighted by molar-refractivity contribution is 14.2. The molecule has 0 fully saturated rings. The van der Waals surface area contributed by atoms with Crippen LogP contribution in [0.2, 0.25) is 0 Å². The average molecular weight is 936 g/mol. The minimum absolute atomic E-state index is 0.765. The van der Waals surface area contributed by atoms with Crippen LogP contribution in [-0.4, -0.2) is 8.42 Å². The van der Waals surface area contributed by atoms with Gasteiger partial charge in [0.05, 0.1) is 0 Å². The van der Waals surface area contributed by atoms with Gasteiger partial charge in [0.15, 0.2) is 0 Å². The minimum atomic E-state index is -3.59. The van der Waals surface area contributed by atoms with Crippen LogP contribution < -0.4 is 0 Å². The highest BCUT2D eigenvalue weighted by atomic mass is 127. The van der Waals surface area contributed by atoms with Gasteiger partial charge < -0.3 is 0 Å². The fourth-order valence-electron chi connectivity index (χ4n) is 2.12. The molecule has 0 radical (unpaired) electrons. The molecule has 0 aliphatic carbocycles.